The quantitative estimate of drug-likeness (QED) is 0.751. The largest absolute Gasteiger partial charge is 0.444 e. The number of nitrogens with one attached hydrogen (secondary N) is 1. The number of urea groups is 1. The summed E-state index contributed by atoms with van der Waals surface area (Å²) in [5, 5.41) is 2.85. The highest BCUT2D eigenvalue weighted by atomic mass is 16.6. The molecule has 27 heavy (non-hydrogen) atoms. The van der Waals surface area contributed by atoms with Crippen LogP contribution in [-0.4, -0.2) is 86.2 Å². The molecule has 152 valence electrons. The van der Waals surface area contributed by atoms with E-state index < -0.39 is 11.7 Å². The van der Waals surface area contributed by atoms with E-state index in [0.29, 0.717) is 57.2 Å². The molecule has 0 bridgehead atoms. The minimum Gasteiger partial charge on any atom is -0.444 e. The van der Waals surface area contributed by atoms with E-state index in [0.717, 1.165) is 0 Å². The van der Waals surface area contributed by atoms with E-state index in [1.165, 1.54) is 0 Å². The van der Waals surface area contributed by atoms with Crippen molar-refractivity contribution in [3.8, 4) is 0 Å². The van der Waals surface area contributed by atoms with Crippen LogP contribution < -0.4 is 5.32 Å². The first kappa shape index (κ1) is 21.2. The molecule has 1 atom stereocenters. The van der Waals surface area contributed by atoms with Crippen LogP contribution in [0.5, 0.6) is 0 Å². The standard InChI is InChI=1S/C19H31N3O5/c1-14(12-20-17(23)21-6-9-25-10-7-21)15(2)16-13-26-11-8-22(16)18(24)27-19(3,4)5/h16H,1-2,6-13H2,3-5H3,(H,20,23)/t16-/m0/s1. The molecule has 2 aliphatic rings. The van der Waals surface area contributed by atoms with Crippen LogP contribution in [0.15, 0.2) is 24.3 Å². The molecule has 0 aromatic rings. The van der Waals surface area contributed by atoms with Crippen LogP contribution in [0.1, 0.15) is 20.8 Å². The highest BCUT2D eigenvalue weighted by Crippen LogP contribution is 2.22. The number of carbonyl (C=O) groups excluding carboxylic acids is 2. The number of carbonyl (C=O) groups is 2. The fraction of sp³-hybridized carbons (Fsp3) is 0.684. The van der Waals surface area contributed by atoms with Gasteiger partial charge in [-0.05, 0) is 31.9 Å². The molecule has 2 rings (SSSR count). The summed E-state index contributed by atoms with van der Waals surface area (Å²) < 4.78 is 16.3. The van der Waals surface area contributed by atoms with Gasteiger partial charge in [0.05, 0.1) is 32.5 Å². The second-order valence-corrected chi connectivity index (χ2v) is 7.65. The van der Waals surface area contributed by atoms with Gasteiger partial charge in [0.15, 0.2) is 0 Å². The van der Waals surface area contributed by atoms with E-state index in [2.05, 4.69) is 18.5 Å². The maximum Gasteiger partial charge on any atom is 0.410 e. The van der Waals surface area contributed by atoms with Gasteiger partial charge in [0.2, 0.25) is 0 Å². The molecule has 0 radical (unpaired) electrons. The van der Waals surface area contributed by atoms with Crippen molar-refractivity contribution in [1.82, 2.24) is 15.1 Å². The Kier molecular flexibility index (Phi) is 7.26. The summed E-state index contributed by atoms with van der Waals surface area (Å²) in [6.45, 7) is 17.3. The molecule has 0 saturated carbocycles. The van der Waals surface area contributed by atoms with Gasteiger partial charge in [-0.2, -0.15) is 0 Å². The Hall–Kier alpha value is -2.06. The predicted octanol–water partition coefficient (Wildman–Crippen LogP) is 1.78. The van der Waals surface area contributed by atoms with Crippen LogP contribution in [0, 0.1) is 0 Å². The molecule has 8 nitrogen and oxygen atoms in total. The maximum absolute atomic E-state index is 12.5. The van der Waals surface area contributed by atoms with Gasteiger partial charge in [0, 0.05) is 26.2 Å². The lowest BCUT2D eigenvalue weighted by Gasteiger charge is -2.38. The monoisotopic (exact) mass is 381 g/mol. The molecule has 3 amide bonds. The van der Waals surface area contributed by atoms with Gasteiger partial charge in [-0.25, -0.2) is 9.59 Å². The maximum atomic E-state index is 12.5. The molecular weight excluding hydrogens is 350 g/mol. The number of amides is 3. The van der Waals surface area contributed by atoms with E-state index in [9.17, 15) is 9.59 Å². The van der Waals surface area contributed by atoms with E-state index in [1.54, 1.807) is 9.80 Å². The average Bonchev–Trinajstić information content (AvgIpc) is 2.64. The normalized spacial score (nSPS) is 20.8. The molecule has 0 aromatic carbocycles. The fourth-order valence-corrected chi connectivity index (χ4v) is 2.84. The summed E-state index contributed by atoms with van der Waals surface area (Å²) in [5.74, 6) is 0. The van der Waals surface area contributed by atoms with E-state index in [-0.39, 0.29) is 18.6 Å². The molecule has 8 heteroatoms. The Labute approximate surface area is 161 Å². The highest BCUT2D eigenvalue weighted by molar-refractivity contribution is 5.75. The SMILES string of the molecule is C=C(CNC(=O)N1CCOCC1)C(=C)[C@@H]1COCCN1C(=O)OC(C)(C)C. The average molecular weight is 381 g/mol. The van der Waals surface area contributed by atoms with Crippen LogP contribution >= 0.6 is 0 Å². The number of hydrogen-bond donors (Lipinski definition) is 1. The summed E-state index contributed by atoms with van der Waals surface area (Å²) in [6.07, 6.45) is -0.401. The molecule has 2 saturated heterocycles. The van der Waals surface area contributed by atoms with Gasteiger partial charge in [-0.1, -0.05) is 13.2 Å². The first-order valence-electron chi connectivity index (χ1n) is 9.24. The Morgan fingerprint density at radius 3 is 2.37 bits per heavy atom. The Bertz CT molecular complexity index is 578. The van der Waals surface area contributed by atoms with Crippen LogP contribution in [0.25, 0.3) is 0 Å². The van der Waals surface area contributed by atoms with Crippen molar-refractivity contribution in [3.63, 3.8) is 0 Å². The predicted molar refractivity (Wildman–Crippen MR) is 102 cm³/mol. The van der Waals surface area contributed by atoms with Gasteiger partial charge in [-0.3, -0.25) is 4.90 Å². The minimum absolute atomic E-state index is 0.156. The molecule has 0 unspecified atom stereocenters. The third-order valence-corrected chi connectivity index (χ3v) is 4.36. The molecule has 2 fully saturated rings. The lowest BCUT2D eigenvalue weighted by molar-refractivity contribution is -0.0236. The molecule has 0 aromatic heterocycles. The van der Waals surface area contributed by atoms with Crippen molar-refractivity contribution < 1.29 is 23.8 Å². The molecule has 0 spiro atoms. The Morgan fingerprint density at radius 2 is 1.74 bits per heavy atom. The fourth-order valence-electron chi connectivity index (χ4n) is 2.84. The van der Waals surface area contributed by atoms with E-state index in [4.69, 9.17) is 14.2 Å². The van der Waals surface area contributed by atoms with Gasteiger partial charge < -0.3 is 24.4 Å². The van der Waals surface area contributed by atoms with Gasteiger partial charge >= 0.3 is 12.1 Å². The van der Waals surface area contributed by atoms with Gasteiger partial charge in [-0.15, -0.1) is 0 Å². The zero-order valence-corrected chi connectivity index (χ0v) is 16.6. The third kappa shape index (κ3) is 6.25. The van der Waals surface area contributed by atoms with Crippen molar-refractivity contribution in [2.45, 2.75) is 32.4 Å². The smallest absolute Gasteiger partial charge is 0.410 e. The Morgan fingerprint density at radius 1 is 1.11 bits per heavy atom. The van der Waals surface area contributed by atoms with Crippen LogP contribution in [0.2, 0.25) is 0 Å². The molecule has 0 aliphatic carbocycles. The molecule has 2 heterocycles. The summed E-state index contributed by atoms with van der Waals surface area (Å²) in [6, 6.07) is -0.516. The minimum atomic E-state index is -0.579. The topological polar surface area (TPSA) is 80.3 Å². The van der Waals surface area contributed by atoms with Crippen molar-refractivity contribution >= 4 is 12.1 Å². The first-order chi connectivity index (χ1) is 12.7. The number of nitrogens with zero attached hydrogens (tertiary/aromatic N) is 2. The lowest BCUT2D eigenvalue weighted by atomic mass is 10.00. The van der Waals surface area contributed by atoms with Gasteiger partial charge in [0.1, 0.15) is 5.60 Å². The third-order valence-electron chi connectivity index (χ3n) is 4.36. The lowest BCUT2D eigenvalue weighted by Crippen LogP contribution is -2.51. The molecule has 1 N–H and O–H groups in total. The number of hydrogen-bond acceptors (Lipinski definition) is 5. The Balaban J connectivity index is 1.91. The van der Waals surface area contributed by atoms with Crippen LogP contribution in [0.4, 0.5) is 9.59 Å². The zero-order valence-electron chi connectivity index (χ0n) is 16.6. The van der Waals surface area contributed by atoms with Crippen LogP contribution in [0.3, 0.4) is 0 Å². The summed E-state index contributed by atoms with van der Waals surface area (Å²) in [7, 11) is 0. The number of morpholine rings is 2. The zero-order chi connectivity index (χ0) is 20.0. The second-order valence-electron chi connectivity index (χ2n) is 7.65. The molecular formula is C19H31N3O5. The highest BCUT2D eigenvalue weighted by Gasteiger charge is 2.33. The summed E-state index contributed by atoms with van der Waals surface area (Å²) in [5.41, 5.74) is 0.730. The van der Waals surface area contributed by atoms with Crippen molar-refractivity contribution in [2.75, 3.05) is 52.6 Å². The van der Waals surface area contributed by atoms with Crippen molar-refractivity contribution in [2.24, 2.45) is 0 Å². The van der Waals surface area contributed by atoms with E-state index in [1.807, 2.05) is 20.8 Å². The molecule has 2 aliphatic heterocycles. The number of rotatable bonds is 4. The summed E-state index contributed by atoms with van der Waals surface area (Å²) in [4.78, 5) is 28.0. The second kappa shape index (κ2) is 9.23. The van der Waals surface area contributed by atoms with Gasteiger partial charge in [0.25, 0.3) is 0 Å². The van der Waals surface area contributed by atoms with E-state index >= 15 is 0 Å². The van der Waals surface area contributed by atoms with Crippen LogP contribution in [-0.2, 0) is 14.2 Å². The first-order valence-corrected chi connectivity index (χ1v) is 9.24. The van der Waals surface area contributed by atoms with Crippen molar-refractivity contribution in [1.29, 1.82) is 0 Å². The summed E-state index contributed by atoms with van der Waals surface area (Å²) >= 11 is 0. The number of ether oxygens (including phenoxy) is 3. The van der Waals surface area contributed by atoms with Crippen molar-refractivity contribution in [3.05, 3.63) is 24.3 Å².